The molecule has 0 spiro atoms. The fourth-order valence-corrected chi connectivity index (χ4v) is 4.19. The summed E-state index contributed by atoms with van der Waals surface area (Å²) in [6.45, 7) is 5.20. The molecule has 3 aliphatic heterocycles. The lowest BCUT2D eigenvalue weighted by molar-refractivity contribution is 0.0628. The van der Waals surface area contributed by atoms with Crippen LogP contribution in [0.5, 0.6) is 17.4 Å². The van der Waals surface area contributed by atoms with Crippen molar-refractivity contribution in [3.8, 4) is 17.4 Å². The van der Waals surface area contributed by atoms with Crippen molar-refractivity contribution < 1.29 is 23.7 Å². The van der Waals surface area contributed by atoms with E-state index in [0.717, 1.165) is 37.6 Å². The number of benzene rings is 1. The number of rotatable bonds is 5. The molecule has 164 valence electrons. The molecule has 0 unspecified atom stereocenters. The van der Waals surface area contributed by atoms with E-state index in [4.69, 9.17) is 30.5 Å². The van der Waals surface area contributed by atoms with Crippen LogP contribution in [0.4, 0.5) is 0 Å². The number of ether oxygens (including phenoxy) is 4. The highest BCUT2D eigenvalue weighted by Gasteiger charge is 2.25. The standard InChI is InChI=1S/C22H24ClN3O5/c23-18-10-16(11-24-21(18)31-17-3-8-28-13-17)22(27)26-6-4-25(5-7-26)12-15-1-2-19-20(9-15)30-14-29-19/h1-2,9-11,17H,3-8,12-14H2/t17-/m1/s1. The lowest BCUT2D eigenvalue weighted by atomic mass is 10.1. The molecule has 2 aromatic rings. The zero-order valence-corrected chi connectivity index (χ0v) is 17.8. The first kappa shape index (κ1) is 20.4. The summed E-state index contributed by atoms with van der Waals surface area (Å²) in [5.74, 6) is 1.87. The van der Waals surface area contributed by atoms with Crippen LogP contribution >= 0.6 is 11.6 Å². The SMILES string of the molecule is O=C(c1cnc(O[C@@H]2CCOC2)c(Cl)c1)N1CCN(Cc2ccc3c(c2)OCO3)CC1. The number of pyridine rings is 1. The molecule has 1 atom stereocenters. The van der Waals surface area contributed by atoms with E-state index in [1.807, 2.05) is 17.0 Å². The highest BCUT2D eigenvalue weighted by atomic mass is 35.5. The van der Waals surface area contributed by atoms with Crippen molar-refractivity contribution in [2.45, 2.75) is 19.1 Å². The van der Waals surface area contributed by atoms with Crippen LogP contribution in [0.2, 0.25) is 5.02 Å². The number of piperazine rings is 1. The monoisotopic (exact) mass is 445 g/mol. The van der Waals surface area contributed by atoms with Crippen LogP contribution < -0.4 is 14.2 Å². The summed E-state index contributed by atoms with van der Waals surface area (Å²) >= 11 is 6.32. The van der Waals surface area contributed by atoms with Gasteiger partial charge in [0, 0.05) is 45.3 Å². The summed E-state index contributed by atoms with van der Waals surface area (Å²) in [5, 5.41) is 0.346. The number of hydrogen-bond donors (Lipinski definition) is 0. The summed E-state index contributed by atoms with van der Waals surface area (Å²) in [4.78, 5) is 21.4. The van der Waals surface area contributed by atoms with Gasteiger partial charge in [-0.15, -0.1) is 0 Å². The molecule has 3 aliphatic rings. The third-order valence-corrected chi connectivity index (χ3v) is 5.99. The summed E-state index contributed by atoms with van der Waals surface area (Å²) < 4.78 is 21.9. The number of nitrogens with zero attached hydrogens (tertiary/aromatic N) is 3. The van der Waals surface area contributed by atoms with Crippen molar-refractivity contribution >= 4 is 17.5 Å². The van der Waals surface area contributed by atoms with Crippen LogP contribution in [0.25, 0.3) is 0 Å². The van der Waals surface area contributed by atoms with Gasteiger partial charge in [0.25, 0.3) is 5.91 Å². The Hall–Kier alpha value is -2.55. The highest BCUT2D eigenvalue weighted by molar-refractivity contribution is 6.32. The Morgan fingerprint density at radius 2 is 2.00 bits per heavy atom. The predicted octanol–water partition coefficient (Wildman–Crippen LogP) is 2.59. The number of amides is 1. The molecule has 1 aromatic carbocycles. The van der Waals surface area contributed by atoms with Gasteiger partial charge in [0.15, 0.2) is 11.5 Å². The third kappa shape index (κ3) is 4.56. The van der Waals surface area contributed by atoms with Gasteiger partial charge < -0.3 is 23.8 Å². The van der Waals surface area contributed by atoms with Crippen molar-refractivity contribution in [3.63, 3.8) is 0 Å². The van der Waals surface area contributed by atoms with Crippen molar-refractivity contribution in [1.82, 2.24) is 14.8 Å². The van der Waals surface area contributed by atoms with Gasteiger partial charge in [-0.1, -0.05) is 17.7 Å². The van der Waals surface area contributed by atoms with Crippen molar-refractivity contribution in [1.29, 1.82) is 0 Å². The zero-order chi connectivity index (χ0) is 21.2. The number of carbonyl (C=O) groups excluding carboxylic acids is 1. The van der Waals surface area contributed by atoms with E-state index in [2.05, 4.69) is 16.0 Å². The Morgan fingerprint density at radius 3 is 2.77 bits per heavy atom. The average Bonchev–Trinajstić information content (AvgIpc) is 3.47. The minimum atomic E-state index is -0.0621. The molecule has 0 bridgehead atoms. The molecule has 4 heterocycles. The normalized spacial score (nSPS) is 20.8. The summed E-state index contributed by atoms with van der Waals surface area (Å²) in [6.07, 6.45) is 2.32. The molecule has 2 fully saturated rings. The average molecular weight is 446 g/mol. The molecule has 1 aromatic heterocycles. The topological polar surface area (TPSA) is 73.4 Å². The first-order valence-corrected chi connectivity index (χ1v) is 10.8. The molecular weight excluding hydrogens is 422 g/mol. The Kier molecular flexibility index (Phi) is 5.85. The van der Waals surface area contributed by atoms with Crippen molar-refractivity contribution in [2.24, 2.45) is 0 Å². The lowest BCUT2D eigenvalue weighted by Crippen LogP contribution is -2.48. The Balaban J connectivity index is 1.15. The van der Waals surface area contributed by atoms with E-state index >= 15 is 0 Å². The van der Waals surface area contributed by atoms with E-state index in [-0.39, 0.29) is 18.8 Å². The molecule has 5 rings (SSSR count). The van der Waals surface area contributed by atoms with Gasteiger partial charge >= 0.3 is 0 Å². The maximum absolute atomic E-state index is 12.9. The van der Waals surface area contributed by atoms with Crippen LogP contribution in [-0.4, -0.2) is 73.0 Å². The molecular formula is C22H24ClN3O5. The molecule has 2 saturated heterocycles. The molecule has 0 N–H and O–H groups in total. The first-order valence-electron chi connectivity index (χ1n) is 10.5. The van der Waals surface area contributed by atoms with E-state index in [0.29, 0.717) is 42.8 Å². The predicted molar refractivity (Wildman–Crippen MR) is 113 cm³/mol. The van der Waals surface area contributed by atoms with Gasteiger partial charge in [-0.25, -0.2) is 4.98 Å². The molecule has 0 radical (unpaired) electrons. The van der Waals surface area contributed by atoms with Gasteiger partial charge in [0.2, 0.25) is 12.7 Å². The smallest absolute Gasteiger partial charge is 0.255 e. The number of aromatic nitrogens is 1. The zero-order valence-electron chi connectivity index (χ0n) is 17.1. The van der Waals surface area contributed by atoms with E-state index in [1.54, 1.807) is 12.3 Å². The van der Waals surface area contributed by atoms with Crippen LogP contribution in [0.3, 0.4) is 0 Å². The van der Waals surface area contributed by atoms with Gasteiger partial charge in [-0.2, -0.15) is 0 Å². The maximum atomic E-state index is 12.9. The highest BCUT2D eigenvalue weighted by Crippen LogP contribution is 2.33. The Labute approximate surface area is 185 Å². The van der Waals surface area contributed by atoms with Gasteiger partial charge in [-0.05, 0) is 23.8 Å². The number of fused-ring (bicyclic) bond motifs is 1. The van der Waals surface area contributed by atoms with Gasteiger partial charge in [0.1, 0.15) is 11.1 Å². The van der Waals surface area contributed by atoms with Crippen LogP contribution in [0.15, 0.2) is 30.5 Å². The van der Waals surface area contributed by atoms with Crippen LogP contribution in [0, 0.1) is 0 Å². The third-order valence-electron chi connectivity index (χ3n) is 5.72. The van der Waals surface area contributed by atoms with Crippen molar-refractivity contribution in [3.05, 3.63) is 46.6 Å². The number of hydrogen-bond acceptors (Lipinski definition) is 7. The second kappa shape index (κ2) is 8.90. The van der Waals surface area contributed by atoms with E-state index < -0.39 is 0 Å². The Morgan fingerprint density at radius 1 is 1.16 bits per heavy atom. The molecule has 1 amide bonds. The lowest BCUT2D eigenvalue weighted by Gasteiger charge is -2.34. The second-order valence-corrected chi connectivity index (χ2v) is 8.28. The van der Waals surface area contributed by atoms with Gasteiger partial charge in [0.05, 0.1) is 18.8 Å². The molecule has 8 nitrogen and oxygen atoms in total. The van der Waals surface area contributed by atoms with Crippen molar-refractivity contribution in [2.75, 3.05) is 46.2 Å². The molecule has 0 aliphatic carbocycles. The quantitative estimate of drug-likeness (QED) is 0.700. The molecule has 9 heteroatoms. The summed E-state index contributed by atoms with van der Waals surface area (Å²) in [5.41, 5.74) is 1.65. The second-order valence-electron chi connectivity index (χ2n) is 7.87. The fraction of sp³-hybridized carbons (Fsp3) is 0.455. The summed E-state index contributed by atoms with van der Waals surface area (Å²) in [7, 11) is 0. The minimum absolute atomic E-state index is 0.0376. The summed E-state index contributed by atoms with van der Waals surface area (Å²) in [6, 6.07) is 7.66. The maximum Gasteiger partial charge on any atom is 0.255 e. The molecule has 31 heavy (non-hydrogen) atoms. The van der Waals surface area contributed by atoms with E-state index in [9.17, 15) is 4.79 Å². The first-order chi connectivity index (χ1) is 15.2. The van der Waals surface area contributed by atoms with Crippen LogP contribution in [0.1, 0.15) is 22.3 Å². The largest absolute Gasteiger partial charge is 0.471 e. The number of carbonyl (C=O) groups is 1. The molecule has 0 saturated carbocycles. The van der Waals surface area contributed by atoms with Gasteiger partial charge in [-0.3, -0.25) is 9.69 Å². The Bertz CT molecular complexity index is 958. The fourth-order valence-electron chi connectivity index (χ4n) is 3.98. The number of halogens is 1. The van der Waals surface area contributed by atoms with E-state index in [1.165, 1.54) is 5.56 Å². The van der Waals surface area contributed by atoms with Crippen LogP contribution in [-0.2, 0) is 11.3 Å². The minimum Gasteiger partial charge on any atom is -0.471 e.